The van der Waals surface area contributed by atoms with Crippen LogP contribution in [0.2, 0.25) is 5.02 Å². The molecule has 0 bridgehead atoms. The normalized spacial score (nSPS) is 10.8. The van der Waals surface area contributed by atoms with Gasteiger partial charge in [0.25, 0.3) is 5.91 Å². The summed E-state index contributed by atoms with van der Waals surface area (Å²) in [5.41, 5.74) is 8.33. The highest BCUT2D eigenvalue weighted by Gasteiger charge is 2.11. The summed E-state index contributed by atoms with van der Waals surface area (Å²) in [7, 11) is 0. The molecule has 0 aliphatic rings. The fourth-order valence-electron chi connectivity index (χ4n) is 2.48. The van der Waals surface area contributed by atoms with Crippen molar-refractivity contribution in [3.8, 4) is 6.07 Å². The standard InChI is InChI=1S/C20H22ClN5O/c1-3-26(4-2)17-8-6-16(7-9-17)24-13-14(12-22)20(27)25-19-10-5-15(23)11-18(19)21/h5-11,13,24H,3-4,23H2,1-2H3,(H,25,27)/b14-13-. The number of nitrogens with two attached hydrogens (primary N) is 1. The Bertz CT molecular complexity index is 867. The SMILES string of the molecule is CCN(CC)c1ccc(N/C=C(/C#N)C(=O)Nc2ccc(N)cc2Cl)cc1. The molecule has 2 aromatic carbocycles. The molecule has 7 heteroatoms. The van der Waals surface area contributed by atoms with E-state index in [-0.39, 0.29) is 5.57 Å². The molecule has 0 aliphatic carbocycles. The van der Waals surface area contributed by atoms with Crippen LogP contribution in [0.1, 0.15) is 13.8 Å². The van der Waals surface area contributed by atoms with Crippen LogP contribution < -0.4 is 21.3 Å². The van der Waals surface area contributed by atoms with Gasteiger partial charge in [-0.15, -0.1) is 0 Å². The van der Waals surface area contributed by atoms with E-state index in [1.165, 1.54) is 12.3 Å². The molecular weight excluding hydrogens is 362 g/mol. The highest BCUT2D eigenvalue weighted by Crippen LogP contribution is 2.24. The van der Waals surface area contributed by atoms with Gasteiger partial charge in [-0.05, 0) is 56.3 Å². The Balaban J connectivity index is 2.07. The molecule has 2 aromatic rings. The molecule has 0 heterocycles. The zero-order chi connectivity index (χ0) is 19.8. The lowest BCUT2D eigenvalue weighted by atomic mass is 10.2. The molecule has 2 rings (SSSR count). The number of nitrogens with one attached hydrogen (secondary N) is 2. The topological polar surface area (TPSA) is 94.2 Å². The molecule has 0 unspecified atom stereocenters. The molecule has 0 radical (unpaired) electrons. The number of carbonyl (C=O) groups is 1. The van der Waals surface area contributed by atoms with Crippen LogP contribution >= 0.6 is 11.6 Å². The number of hydrogen-bond acceptors (Lipinski definition) is 5. The van der Waals surface area contributed by atoms with Crippen LogP contribution in [-0.2, 0) is 4.79 Å². The van der Waals surface area contributed by atoms with E-state index < -0.39 is 5.91 Å². The third kappa shape index (κ3) is 5.40. The molecule has 0 saturated carbocycles. The van der Waals surface area contributed by atoms with Gasteiger partial charge in [0.15, 0.2) is 0 Å². The maximum atomic E-state index is 12.3. The summed E-state index contributed by atoms with van der Waals surface area (Å²) < 4.78 is 0. The second-order valence-corrected chi connectivity index (χ2v) is 6.13. The van der Waals surface area contributed by atoms with Crippen molar-refractivity contribution < 1.29 is 4.79 Å². The van der Waals surface area contributed by atoms with Gasteiger partial charge in [0.1, 0.15) is 11.6 Å². The highest BCUT2D eigenvalue weighted by molar-refractivity contribution is 6.34. The quantitative estimate of drug-likeness (QED) is 0.378. The van der Waals surface area contributed by atoms with Crippen LogP contribution in [0, 0.1) is 11.3 Å². The lowest BCUT2D eigenvalue weighted by molar-refractivity contribution is -0.112. The molecule has 0 spiro atoms. The second-order valence-electron chi connectivity index (χ2n) is 5.73. The molecule has 1 amide bonds. The van der Waals surface area contributed by atoms with Gasteiger partial charge in [-0.2, -0.15) is 5.26 Å². The number of nitriles is 1. The number of benzene rings is 2. The number of nitrogen functional groups attached to an aromatic ring is 1. The summed E-state index contributed by atoms with van der Waals surface area (Å²) in [5, 5.41) is 15.1. The molecule has 0 aliphatic heterocycles. The van der Waals surface area contributed by atoms with Gasteiger partial charge in [0.05, 0.1) is 10.7 Å². The first-order chi connectivity index (χ1) is 13.0. The van der Waals surface area contributed by atoms with E-state index in [1.807, 2.05) is 30.3 Å². The number of nitrogens with zero attached hydrogens (tertiary/aromatic N) is 2. The molecule has 4 N–H and O–H groups in total. The van der Waals surface area contributed by atoms with Crippen molar-refractivity contribution in [3.63, 3.8) is 0 Å². The van der Waals surface area contributed by atoms with E-state index in [0.717, 1.165) is 24.5 Å². The Kier molecular flexibility index (Phi) is 7.09. The van der Waals surface area contributed by atoms with Crippen LogP contribution in [0.15, 0.2) is 54.2 Å². The molecule has 0 saturated heterocycles. The summed E-state index contributed by atoms with van der Waals surface area (Å²) in [6.45, 7) is 6.05. The first-order valence-corrected chi connectivity index (χ1v) is 8.94. The van der Waals surface area contributed by atoms with Crippen molar-refractivity contribution in [1.82, 2.24) is 0 Å². The molecule has 0 atom stereocenters. The summed E-state index contributed by atoms with van der Waals surface area (Å²) in [4.78, 5) is 14.5. The van der Waals surface area contributed by atoms with E-state index >= 15 is 0 Å². The van der Waals surface area contributed by atoms with Crippen LogP contribution in [0.3, 0.4) is 0 Å². The van der Waals surface area contributed by atoms with Crippen molar-refractivity contribution in [1.29, 1.82) is 5.26 Å². The predicted molar refractivity (Wildman–Crippen MR) is 112 cm³/mol. The monoisotopic (exact) mass is 383 g/mol. The number of rotatable bonds is 7. The molecule has 0 aromatic heterocycles. The Morgan fingerprint density at radius 3 is 2.44 bits per heavy atom. The molecule has 0 fully saturated rings. The molecular formula is C20H22ClN5O. The third-order valence-electron chi connectivity index (χ3n) is 3.99. The van der Waals surface area contributed by atoms with Crippen LogP contribution in [0.4, 0.5) is 22.7 Å². The fourth-order valence-corrected chi connectivity index (χ4v) is 2.72. The first-order valence-electron chi connectivity index (χ1n) is 8.56. The van der Waals surface area contributed by atoms with E-state index in [4.69, 9.17) is 17.3 Å². The predicted octanol–water partition coefficient (Wildman–Crippen LogP) is 4.23. The summed E-state index contributed by atoms with van der Waals surface area (Å²) in [6.07, 6.45) is 1.37. The Labute approximate surface area is 164 Å². The zero-order valence-electron chi connectivity index (χ0n) is 15.3. The van der Waals surface area contributed by atoms with Crippen molar-refractivity contribution in [3.05, 3.63) is 59.3 Å². The number of halogens is 1. The Morgan fingerprint density at radius 1 is 1.22 bits per heavy atom. The number of hydrogen-bond donors (Lipinski definition) is 3. The molecule has 140 valence electrons. The minimum Gasteiger partial charge on any atom is -0.399 e. The van der Waals surface area contributed by atoms with Gasteiger partial charge in [-0.3, -0.25) is 4.79 Å². The largest absolute Gasteiger partial charge is 0.399 e. The number of carbonyl (C=O) groups excluding carboxylic acids is 1. The van der Waals surface area contributed by atoms with Crippen LogP contribution in [-0.4, -0.2) is 19.0 Å². The summed E-state index contributed by atoms with van der Waals surface area (Å²) >= 11 is 6.04. The van der Waals surface area contributed by atoms with Gasteiger partial charge in [0, 0.05) is 36.4 Å². The number of amides is 1. The van der Waals surface area contributed by atoms with Gasteiger partial charge in [0.2, 0.25) is 0 Å². The van der Waals surface area contributed by atoms with Gasteiger partial charge in [-0.1, -0.05) is 11.6 Å². The molecule has 6 nitrogen and oxygen atoms in total. The maximum Gasteiger partial charge on any atom is 0.267 e. The summed E-state index contributed by atoms with van der Waals surface area (Å²) in [6, 6.07) is 14.4. The van der Waals surface area contributed by atoms with Gasteiger partial charge < -0.3 is 21.3 Å². The van der Waals surface area contributed by atoms with Crippen molar-refractivity contribution in [2.75, 3.05) is 34.4 Å². The number of anilines is 4. The van der Waals surface area contributed by atoms with E-state index in [2.05, 4.69) is 29.4 Å². The van der Waals surface area contributed by atoms with Gasteiger partial charge >= 0.3 is 0 Å². The fraction of sp³-hybridized carbons (Fsp3) is 0.200. The van der Waals surface area contributed by atoms with E-state index in [0.29, 0.717) is 16.4 Å². The lowest BCUT2D eigenvalue weighted by Gasteiger charge is -2.21. The van der Waals surface area contributed by atoms with Crippen molar-refractivity contribution in [2.45, 2.75) is 13.8 Å². The maximum absolute atomic E-state index is 12.3. The average Bonchev–Trinajstić information content (AvgIpc) is 2.66. The molecule has 27 heavy (non-hydrogen) atoms. The van der Waals surface area contributed by atoms with Gasteiger partial charge in [-0.25, -0.2) is 0 Å². The second kappa shape index (κ2) is 9.51. The summed E-state index contributed by atoms with van der Waals surface area (Å²) in [5.74, 6) is -0.559. The van der Waals surface area contributed by atoms with Crippen LogP contribution in [0.5, 0.6) is 0 Å². The first kappa shape index (κ1) is 20.1. The Morgan fingerprint density at radius 2 is 1.89 bits per heavy atom. The van der Waals surface area contributed by atoms with Crippen LogP contribution in [0.25, 0.3) is 0 Å². The lowest BCUT2D eigenvalue weighted by Crippen LogP contribution is -2.21. The van der Waals surface area contributed by atoms with E-state index in [9.17, 15) is 10.1 Å². The van der Waals surface area contributed by atoms with E-state index in [1.54, 1.807) is 12.1 Å². The minimum absolute atomic E-state index is 0.0734. The smallest absolute Gasteiger partial charge is 0.267 e. The van der Waals surface area contributed by atoms with Crippen molar-refractivity contribution >= 4 is 40.3 Å². The minimum atomic E-state index is -0.559. The van der Waals surface area contributed by atoms with Crippen molar-refractivity contribution in [2.24, 2.45) is 0 Å². The highest BCUT2D eigenvalue weighted by atomic mass is 35.5. The third-order valence-corrected chi connectivity index (χ3v) is 4.30. The zero-order valence-corrected chi connectivity index (χ0v) is 16.0. The average molecular weight is 384 g/mol. The Hall–Kier alpha value is -3.17.